The van der Waals surface area contributed by atoms with E-state index in [1.807, 2.05) is 0 Å². The first-order valence-corrected chi connectivity index (χ1v) is 6.77. The number of morpholine rings is 1. The van der Waals surface area contributed by atoms with Crippen LogP contribution in [0, 0.1) is 5.82 Å². The van der Waals surface area contributed by atoms with Crippen LogP contribution in [0.3, 0.4) is 0 Å². The number of nitrogens with zero attached hydrogens (tertiary/aromatic N) is 2. The molecule has 1 N–H and O–H groups in total. The van der Waals surface area contributed by atoms with Gasteiger partial charge in [-0.05, 0) is 24.6 Å². The van der Waals surface area contributed by atoms with Gasteiger partial charge in [-0.1, -0.05) is 6.92 Å². The topological polar surface area (TPSA) is 39.1 Å². The molecule has 0 radical (unpaired) electrons. The predicted molar refractivity (Wildman–Crippen MR) is 71.5 cm³/mol. The highest BCUT2D eigenvalue weighted by atomic mass is 19.1. The first-order valence-electron chi connectivity index (χ1n) is 6.77. The van der Waals surface area contributed by atoms with Crippen LogP contribution in [0.4, 0.5) is 4.39 Å². The van der Waals surface area contributed by atoms with E-state index in [2.05, 4.69) is 21.8 Å². The van der Waals surface area contributed by atoms with Crippen LogP contribution in [0.5, 0.6) is 0 Å². The van der Waals surface area contributed by atoms with Crippen molar-refractivity contribution in [3.05, 3.63) is 29.8 Å². The Morgan fingerprint density at radius 1 is 1.53 bits per heavy atom. The Hall–Kier alpha value is -1.46. The molecule has 2 heterocycles. The van der Waals surface area contributed by atoms with Gasteiger partial charge in [-0.25, -0.2) is 9.37 Å². The van der Waals surface area contributed by atoms with Crippen LogP contribution in [-0.4, -0.2) is 29.2 Å². The van der Waals surface area contributed by atoms with Crippen molar-refractivity contribution in [3.63, 3.8) is 0 Å². The van der Waals surface area contributed by atoms with Crippen LogP contribution in [0.2, 0.25) is 0 Å². The molecule has 1 aliphatic heterocycles. The Balaban J connectivity index is 2.08. The van der Waals surface area contributed by atoms with Gasteiger partial charge in [0.1, 0.15) is 17.7 Å². The number of nitrogens with one attached hydrogen (secondary N) is 1. The maximum absolute atomic E-state index is 13.4. The third-order valence-electron chi connectivity index (χ3n) is 3.40. The van der Waals surface area contributed by atoms with Crippen molar-refractivity contribution >= 4 is 11.0 Å². The number of benzene rings is 1. The summed E-state index contributed by atoms with van der Waals surface area (Å²) < 4.78 is 21.3. The number of rotatable bonds is 3. The zero-order valence-electron chi connectivity index (χ0n) is 11.0. The number of hydrogen-bond acceptors (Lipinski definition) is 3. The summed E-state index contributed by atoms with van der Waals surface area (Å²) >= 11 is 0. The average molecular weight is 263 g/mol. The summed E-state index contributed by atoms with van der Waals surface area (Å²) in [6.45, 7) is 5.26. The van der Waals surface area contributed by atoms with E-state index >= 15 is 0 Å². The molecular formula is C14H18FN3O. The quantitative estimate of drug-likeness (QED) is 0.923. The number of aryl methyl sites for hydroxylation is 1. The molecule has 4 nitrogen and oxygen atoms in total. The summed E-state index contributed by atoms with van der Waals surface area (Å²) in [5.74, 6) is 0.675. The van der Waals surface area contributed by atoms with E-state index in [0.717, 1.165) is 42.9 Å². The first kappa shape index (κ1) is 12.6. The molecule has 1 saturated heterocycles. The highest BCUT2D eigenvalue weighted by molar-refractivity contribution is 5.76. The van der Waals surface area contributed by atoms with Gasteiger partial charge in [0.25, 0.3) is 0 Å². The lowest BCUT2D eigenvalue weighted by Crippen LogP contribution is -2.34. The van der Waals surface area contributed by atoms with Gasteiger partial charge in [-0.2, -0.15) is 0 Å². The van der Waals surface area contributed by atoms with Gasteiger partial charge in [0.15, 0.2) is 0 Å². The molecule has 0 saturated carbocycles. The lowest BCUT2D eigenvalue weighted by Gasteiger charge is -2.24. The van der Waals surface area contributed by atoms with E-state index in [1.165, 1.54) is 6.07 Å². The number of imidazole rings is 1. The monoisotopic (exact) mass is 263 g/mol. The summed E-state index contributed by atoms with van der Waals surface area (Å²) in [7, 11) is 0. The van der Waals surface area contributed by atoms with E-state index < -0.39 is 0 Å². The third kappa shape index (κ3) is 2.35. The van der Waals surface area contributed by atoms with Crippen molar-refractivity contribution in [3.8, 4) is 0 Å². The summed E-state index contributed by atoms with van der Waals surface area (Å²) in [5, 5.41) is 3.31. The van der Waals surface area contributed by atoms with Crippen molar-refractivity contribution in [1.82, 2.24) is 14.9 Å². The maximum Gasteiger partial charge on any atom is 0.140 e. The molecule has 0 aliphatic carbocycles. The van der Waals surface area contributed by atoms with Gasteiger partial charge in [-0.3, -0.25) is 0 Å². The molecule has 1 aromatic carbocycles. The van der Waals surface area contributed by atoms with E-state index in [0.29, 0.717) is 6.61 Å². The van der Waals surface area contributed by atoms with E-state index in [-0.39, 0.29) is 11.9 Å². The van der Waals surface area contributed by atoms with Crippen LogP contribution >= 0.6 is 0 Å². The van der Waals surface area contributed by atoms with Crippen molar-refractivity contribution in [2.75, 3.05) is 19.7 Å². The van der Waals surface area contributed by atoms with Gasteiger partial charge in [0, 0.05) is 19.6 Å². The summed E-state index contributed by atoms with van der Waals surface area (Å²) in [6, 6.07) is 4.74. The normalized spacial score (nSPS) is 20.0. The molecule has 2 aromatic rings. The number of ether oxygens (including phenoxy) is 1. The molecule has 1 atom stereocenters. The molecule has 1 aliphatic rings. The zero-order valence-corrected chi connectivity index (χ0v) is 11.0. The van der Waals surface area contributed by atoms with Gasteiger partial charge < -0.3 is 14.6 Å². The first-order chi connectivity index (χ1) is 9.29. The second kappa shape index (κ2) is 5.27. The minimum atomic E-state index is -0.223. The summed E-state index contributed by atoms with van der Waals surface area (Å²) in [4.78, 5) is 4.63. The highest BCUT2D eigenvalue weighted by Crippen LogP contribution is 2.25. The Morgan fingerprint density at radius 2 is 2.42 bits per heavy atom. The highest BCUT2D eigenvalue weighted by Gasteiger charge is 2.22. The van der Waals surface area contributed by atoms with E-state index in [1.54, 1.807) is 12.1 Å². The van der Waals surface area contributed by atoms with Crippen LogP contribution in [0.15, 0.2) is 18.2 Å². The van der Waals surface area contributed by atoms with Gasteiger partial charge in [0.05, 0.1) is 17.6 Å². The Kier molecular flexibility index (Phi) is 3.48. The largest absolute Gasteiger partial charge is 0.368 e. The smallest absolute Gasteiger partial charge is 0.140 e. The molecule has 3 rings (SSSR count). The Labute approximate surface area is 111 Å². The lowest BCUT2D eigenvalue weighted by atomic mass is 10.2. The maximum atomic E-state index is 13.4. The van der Waals surface area contributed by atoms with Crippen molar-refractivity contribution in [1.29, 1.82) is 0 Å². The van der Waals surface area contributed by atoms with Gasteiger partial charge >= 0.3 is 0 Å². The fourth-order valence-corrected chi connectivity index (χ4v) is 2.55. The molecular weight excluding hydrogens is 245 g/mol. The molecule has 0 bridgehead atoms. The zero-order chi connectivity index (χ0) is 13.2. The van der Waals surface area contributed by atoms with Crippen LogP contribution in [-0.2, 0) is 11.3 Å². The fraction of sp³-hybridized carbons (Fsp3) is 0.500. The molecule has 0 amide bonds. The molecule has 0 spiro atoms. The Morgan fingerprint density at radius 3 is 3.16 bits per heavy atom. The second-order valence-electron chi connectivity index (χ2n) is 4.82. The summed E-state index contributed by atoms with van der Waals surface area (Å²) in [6.07, 6.45) is 0.936. The third-order valence-corrected chi connectivity index (χ3v) is 3.40. The van der Waals surface area contributed by atoms with Crippen LogP contribution in [0.1, 0.15) is 25.3 Å². The number of fused-ring (bicyclic) bond motifs is 1. The number of hydrogen-bond donors (Lipinski definition) is 1. The molecule has 102 valence electrons. The lowest BCUT2D eigenvalue weighted by molar-refractivity contribution is 0.0202. The van der Waals surface area contributed by atoms with Crippen LogP contribution in [0.25, 0.3) is 11.0 Å². The number of halogens is 1. The molecule has 1 aromatic heterocycles. The Bertz CT molecular complexity index is 575. The second-order valence-corrected chi connectivity index (χ2v) is 4.82. The van der Waals surface area contributed by atoms with Crippen molar-refractivity contribution in [2.24, 2.45) is 0 Å². The van der Waals surface area contributed by atoms with Crippen molar-refractivity contribution in [2.45, 2.75) is 26.0 Å². The minimum Gasteiger partial charge on any atom is -0.368 e. The van der Waals surface area contributed by atoms with E-state index in [9.17, 15) is 4.39 Å². The summed E-state index contributed by atoms with van der Waals surface area (Å²) in [5.41, 5.74) is 1.69. The SMILES string of the molecule is CCCn1c(C2CNCCO2)nc2ccc(F)cc21. The average Bonchev–Trinajstić information content (AvgIpc) is 2.79. The molecule has 1 unspecified atom stereocenters. The van der Waals surface area contributed by atoms with Crippen molar-refractivity contribution < 1.29 is 9.13 Å². The molecule has 19 heavy (non-hydrogen) atoms. The predicted octanol–water partition coefficient (Wildman–Crippen LogP) is 2.25. The number of aromatic nitrogens is 2. The van der Waals surface area contributed by atoms with Crippen LogP contribution < -0.4 is 5.32 Å². The molecule has 5 heteroatoms. The minimum absolute atomic E-state index is 0.0456. The van der Waals surface area contributed by atoms with Gasteiger partial charge in [-0.15, -0.1) is 0 Å². The molecule has 1 fully saturated rings. The standard InChI is InChI=1S/C14H18FN3O/c1-2-6-18-12-8-10(15)3-4-11(12)17-14(18)13-9-16-5-7-19-13/h3-4,8,13,16H,2,5-7,9H2,1H3. The fourth-order valence-electron chi connectivity index (χ4n) is 2.55. The van der Waals surface area contributed by atoms with E-state index in [4.69, 9.17) is 4.74 Å². The van der Waals surface area contributed by atoms with Gasteiger partial charge in [0.2, 0.25) is 0 Å².